The van der Waals surface area contributed by atoms with E-state index in [0.717, 1.165) is 12.0 Å². The molecule has 0 amide bonds. The van der Waals surface area contributed by atoms with Crippen molar-refractivity contribution in [2.45, 2.75) is 40.6 Å². The number of sulfone groups is 1. The highest BCUT2D eigenvalue weighted by Gasteiger charge is 3.11. The van der Waals surface area contributed by atoms with Gasteiger partial charge in [-0.15, -0.1) is 0 Å². The van der Waals surface area contributed by atoms with E-state index in [-0.39, 0.29) is 11.2 Å². The van der Waals surface area contributed by atoms with Crippen molar-refractivity contribution < 1.29 is 13.2 Å². The molecule has 2 spiro atoms. The minimum Gasteiger partial charge on any atom is -0.361 e. The summed E-state index contributed by atoms with van der Waals surface area (Å²) in [6.07, 6.45) is 2.40. The van der Waals surface area contributed by atoms with Crippen molar-refractivity contribution in [3.05, 3.63) is 29.8 Å². The molecule has 23 heavy (non-hydrogen) atoms. The van der Waals surface area contributed by atoms with E-state index in [0.29, 0.717) is 46.3 Å². The summed E-state index contributed by atoms with van der Waals surface area (Å²) in [5, 5.41) is 0. The molecule has 10 unspecified atom stereocenters. The Morgan fingerprint density at radius 2 is 1.70 bits per heavy atom. The summed E-state index contributed by atoms with van der Waals surface area (Å²) in [5.74, 6) is 3.64. The second-order valence-electron chi connectivity index (χ2n) is 9.33. The van der Waals surface area contributed by atoms with E-state index < -0.39 is 14.6 Å². The summed E-state index contributed by atoms with van der Waals surface area (Å²) in [6, 6.07) is 7.58. The third-order valence-electron chi connectivity index (χ3n) is 9.62. The lowest BCUT2D eigenvalue weighted by molar-refractivity contribution is 0.0439. The molecule has 1 aromatic rings. The van der Waals surface area contributed by atoms with Crippen LogP contribution in [0.1, 0.15) is 18.4 Å². The zero-order chi connectivity index (χ0) is 15.1. The van der Waals surface area contributed by atoms with Crippen LogP contribution < -0.4 is 0 Å². The lowest BCUT2D eigenvalue weighted by Gasteiger charge is -2.54. The van der Waals surface area contributed by atoms with Gasteiger partial charge in [0.25, 0.3) is 0 Å². The third-order valence-corrected chi connectivity index (χ3v) is 12.3. The van der Waals surface area contributed by atoms with Crippen LogP contribution in [0.3, 0.4) is 0 Å². The minimum absolute atomic E-state index is 0.00820. The first-order valence-corrected chi connectivity index (χ1v) is 10.5. The van der Waals surface area contributed by atoms with Gasteiger partial charge in [0.2, 0.25) is 0 Å². The van der Waals surface area contributed by atoms with Gasteiger partial charge in [-0.05, 0) is 67.4 Å². The second-order valence-corrected chi connectivity index (χ2v) is 11.5. The molecule has 1 saturated heterocycles. The van der Waals surface area contributed by atoms with E-state index in [1.165, 1.54) is 6.42 Å². The van der Waals surface area contributed by atoms with E-state index in [1.807, 2.05) is 31.2 Å². The summed E-state index contributed by atoms with van der Waals surface area (Å²) < 4.78 is 33.6. The minimum atomic E-state index is -3.26. The Labute approximate surface area is 135 Å². The molecule has 10 atom stereocenters. The molecule has 8 fully saturated rings. The third kappa shape index (κ3) is 0.674. The quantitative estimate of drug-likeness (QED) is 0.783. The van der Waals surface area contributed by atoms with Gasteiger partial charge < -0.3 is 4.74 Å². The topological polar surface area (TPSA) is 46.7 Å². The fraction of sp³-hybridized carbons (Fsp3) is 0.684. The van der Waals surface area contributed by atoms with E-state index in [1.54, 1.807) is 0 Å². The smallest absolute Gasteiger partial charge is 0.185 e. The van der Waals surface area contributed by atoms with Crippen molar-refractivity contribution in [3.63, 3.8) is 0 Å². The Bertz CT molecular complexity index is 939. The van der Waals surface area contributed by atoms with Gasteiger partial charge in [-0.1, -0.05) is 17.7 Å². The first-order valence-electron chi connectivity index (χ1n) is 9.04. The zero-order valence-corrected chi connectivity index (χ0v) is 13.7. The van der Waals surface area contributed by atoms with E-state index in [2.05, 4.69) is 0 Å². The molecule has 8 aliphatic rings. The molecule has 1 aromatic carbocycles. The molecule has 4 heteroatoms. The number of aryl methyl sites for hydroxylation is 1. The SMILES string of the molecule is Cc1ccc(S(=O)(=O)C23C4C5C6CC(C52)C25OC62C4CC53)cc1. The Balaban J connectivity index is 1.43. The van der Waals surface area contributed by atoms with Crippen LogP contribution in [0, 0.1) is 48.3 Å². The maximum absolute atomic E-state index is 13.8. The van der Waals surface area contributed by atoms with Crippen LogP contribution in [0.15, 0.2) is 29.2 Å². The van der Waals surface area contributed by atoms with Crippen molar-refractivity contribution >= 4 is 9.84 Å². The highest BCUT2D eigenvalue weighted by atomic mass is 32.2. The second kappa shape index (κ2) is 2.62. The van der Waals surface area contributed by atoms with E-state index >= 15 is 0 Å². The van der Waals surface area contributed by atoms with E-state index in [4.69, 9.17) is 4.74 Å². The fourth-order valence-corrected chi connectivity index (χ4v) is 12.7. The molecule has 0 aromatic heterocycles. The fourth-order valence-electron chi connectivity index (χ4n) is 9.77. The predicted octanol–water partition coefficient (Wildman–Crippen LogP) is 2.19. The maximum Gasteiger partial charge on any atom is 0.185 e. The maximum atomic E-state index is 13.8. The zero-order valence-electron chi connectivity index (χ0n) is 12.9. The Hall–Kier alpha value is -0.870. The van der Waals surface area contributed by atoms with Crippen LogP contribution in [0.5, 0.6) is 0 Å². The van der Waals surface area contributed by atoms with Gasteiger partial charge in [0, 0.05) is 5.92 Å². The Morgan fingerprint density at radius 1 is 1.00 bits per heavy atom. The number of hydrogen-bond donors (Lipinski definition) is 0. The van der Waals surface area contributed by atoms with Crippen molar-refractivity contribution in [1.82, 2.24) is 0 Å². The number of rotatable bonds is 2. The highest BCUT2D eigenvalue weighted by molar-refractivity contribution is 7.93. The molecule has 9 rings (SSSR count). The molecule has 1 heterocycles. The molecule has 0 N–H and O–H groups in total. The summed E-state index contributed by atoms with van der Waals surface area (Å²) >= 11 is 0. The number of ether oxygens (including phenoxy) is 1. The molecule has 7 aliphatic carbocycles. The van der Waals surface area contributed by atoms with Crippen molar-refractivity contribution in [1.29, 1.82) is 0 Å². The van der Waals surface area contributed by atoms with Crippen molar-refractivity contribution in [2.24, 2.45) is 41.4 Å². The summed E-state index contributed by atoms with van der Waals surface area (Å²) in [6.45, 7) is 2.01. The van der Waals surface area contributed by atoms with Gasteiger partial charge in [-0.3, -0.25) is 0 Å². The molecule has 1 aliphatic heterocycles. The van der Waals surface area contributed by atoms with Crippen LogP contribution in [0.25, 0.3) is 0 Å². The lowest BCUT2D eigenvalue weighted by atomic mass is 9.59. The van der Waals surface area contributed by atoms with E-state index in [9.17, 15) is 8.42 Å². The predicted molar refractivity (Wildman–Crippen MR) is 81.3 cm³/mol. The molecular weight excluding hydrogens is 308 g/mol. The summed E-state index contributed by atoms with van der Waals surface area (Å²) in [4.78, 5) is 0.562. The van der Waals surface area contributed by atoms with Crippen LogP contribution in [-0.4, -0.2) is 24.4 Å². The van der Waals surface area contributed by atoms with Crippen LogP contribution in [0.2, 0.25) is 0 Å². The molecule has 0 radical (unpaired) electrons. The summed E-state index contributed by atoms with van der Waals surface area (Å²) in [7, 11) is -3.26. The number of epoxide rings is 1. The van der Waals surface area contributed by atoms with Crippen LogP contribution in [-0.2, 0) is 14.6 Å². The van der Waals surface area contributed by atoms with Crippen LogP contribution >= 0.6 is 0 Å². The van der Waals surface area contributed by atoms with Gasteiger partial charge in [-0.2, -0.15) is 0 Å². The van der Waals surface area contributed by atoms with Gasteiger partial charge in [0.1, 0.15) is 11.2 Å². The van der Waals surface area contributed by atoms with Crippen molar-refractivity contribution in [2.75, 3.05) is 0 Å². The standard InChI is InChI=1S/C19H18O3S/c1-8-2-4-9(5-3-8)23(20,21)17-13-7-12-16(17)14-10-6-11(15(14)17)19(13)18(10,12)22-19/h2-5,10-16H,6-7H2,1H3. The largest absolute Gasteiger partial charge is 0.361 e. The van der Waals surface area contributed by atoms with Crippen LogP contribution in [0.4, 0.5) is 0 Å². The molecule has 118 valence electrons. The normalized spacial score (nSPS) is 66.4. The Morgan fingerprint density at radius 3 is 2.43 bits per heavy atom. The number of hydrogen-bond acceptors (Lipinski definition) is 3. The first kappa shape index (κ1) is 11.6. The first-order chi connectivity index (χ1) is 11.0. The van der Waals surface area contributed by atoms with Crippen molar-refractivity contribution in [3.8, 4) is 0 Å². The summed E-state index contributed by atoms with van der Waals surface area (Å²) in [5.41, 5.74) is 1.29. The highest BCUT2D eigenvalue weighted by Crippen LogP contribution is 3.03. The van der Waals surface area contributed by atoms with Gasteiger partial charge in [-0.25, -0.2) is 8.42 Å². The molecular formula is C19H18O3S. The monoisotopic (exact) mass is 326 g/mol. The lowest BCUT2D eigenvalue weighted by Crippen LogP contribution is -2.63. The average Bonchev–Trinajstić information content (AvgIpc) is 2.70. The van der Waals surface area contributed by atoms with Gasteiger partial charge in [0.15, 0.2) is 9.84 Å². The van der Waals surface area contributed by atoms with Gasteiger partial charge in [0.05, 0.1) is 9.64 Å². The average molecular weight is 326 g/mol. The molecule has 3 nitrogen and oxygen atoms in total. The number of benzene rings is 1. The van der Waals surface area contributed by atoms with Gasteiger partial charge >= 0.3 is 0 Å². The molecule has 7 saturated carbocycles. The molecule has 4 bridgehead atoms. The Kier molecular flexibility index (Phi) is 1.33.